The Morgan fingerprint density at radius 3 is 2.62 bits per heavy atom. The van der Waals surface area contributed by atoms with E-state index in [9.17, 15) is 9.59 Å². The molecule has 0 bridgehead atoms. The molecule has 0 aromatic carbocycles. The summed E-state index contributed by atoms with van der Waals surface area (Å²) in [6.45, 7) is 3.84. The number of carbonyl (C=O) groups excluding carboxylic acids is 2. The lowest BCUT2D eigenvalue weighted by molar-refractivity contribution is -0.122. The molecule has 0 spiro atoms. The van der Waals surface area contributed by atoms with E-state index >= 15 is 0 Å². The minimum atomic E-state index is -0.495. The SMILES string of the molecule is C/C=C\C(=C/CC)CC(C=O)NC(=O)CN. The van der Waals surface area contributed by atoms with E-state index in [4.69, 9.17) is 5.73 Å². The zero-order chi connectivity index (χ0) is 12.4. The smallest absolute Gasteiger partial charge is 0.234 e. The Morgan fingerprint density at radius 1 is 1.50 bits per heavy atom. The van der Waals surface area contributed by atoms with Gasteiger partial charge in [-0.25, -0.2) is 0 Å². The lowest BCUT2D eigenvalue weighted by Crippen LogP contribution is -2.39. The number of nitrogens with one attached hydrogen (secondary N) is 1. The van der Waals surface area contributed by atoms with E-state index < -0.39 is 6.04 Å². The number of hydrogen-bond acceptors (Lipinski definition) is 3. The molecule has 0 aromatic rings. The van der Waals surface area contributed by atoms with Crippen LogP contribution in [0.2, 0.25) is 0 Å². The monoisotopic (exact) mass is 224 g/mol. The third-order valence-electron chi connectivity index (χ3n) is 2.00. The summed E-state index contributed by atoms with van der Waals surface area (Å²) in [6.07, 6.45) is 8.03. The molecule has 0 rings (SSSR count). The molecule has 0 radical (unpaired) electrons. The van der Waals surface area contributed by atoms with Crippen LogP contribution in [0.3, 0.4) is 0 Å². The van der Waals surface area contributed by atoms with E-state index in [0.717, 1.165) is 18.3 Å². The zero-order valence-electron chi connectivity index (χ0n) is 9.90. The second-order valence-electron chi connectivity index (χ2n) is 3.41. The van der Waals surface area contributed by atoms with Crippen LogP contribution in [0.15, 0.2) is 23.8 Å². The zero-order valence-corrected chi connectivity index (χ0v) is 9.90. The van der Waals surface area contributed by atoms with E-state index in [-0.39, 0.29) is 12.5 Å². The highest BCUT2D eigenvalue weighted by molar-refractivity contribution is 5.81. The van der Waals surface area contributed by atoms with E-state index in [1.807, 2.05) is 32.1 Å². The molecule has 0 fully saturated rings. The number of rotatable bonds is 7. The van der Waals surface area contributed by atoms with Crippen molar-refractivity contribution in [2.24, 2.45) is 5.73 Å². The van der Waals surface area contributed by atoms with Crippen LogP contribution < -0.4 is 11.1 Å². The van der Waals surface area contributed by atoms with Gasteiger partial charge in [-0.3, -0.25) is 4.79 Å². The summed E-state index contributed by atoms with van der Waals surface area (Å²) in [5.41, 5.74) is 6.21. The van der Waals surface area contributed by atoms with Crippen molar-refractivity contribution in [2.75, 3.05) is 6.54 Å². The van der Waals surface area contributed by atoms with Gasteiger partial charge >= 0.3 is 0 Å². The van der Waals surface area contributed by atoms with Crippen LogP contribution >= 0.6 is 0 Å². The predicted molar refractivity (Wildman–Crippen MR) is 64.9 cm³/mol. The summed E-state index contributed by atoms with van der Waals surface area (Å²) in [7, 11) is 0. The predicted octanol–water partition coefficient (Wildman–Crippen LogP) is 0.931. The largest absolute Gasteiger partial charge is 0.345 e. The van der Waals surface area contributed by atoms with Crippen LogP contribution in [0.4, 0.5) is 0 Å². The summed E-state index contributed by atoms with van der Waals surface area (Å²) < 4.78 is 0. The summed E-state index contributed by atoms with van der Waals surface area (Å²) in [5, 5.41) is 2.56. The Hall–Kier alpha value is -1.42. The molecule has 0 heterocycles. The van der Waals surface area contributed by atoms with Crippen LogP contribution in [0.5, 0.6) is 0 Å². The van der Waals surface area contributed by atoms with Gasteiger partial charge in [-0.1, -0.05) is 25.2 Å². The Morgan fingerprint density at radius 2 is 2.19 bits per heavy atom. The van der Waals surface area contributed by atoms with Gasteiger partial charge in [-0.15, -0.1) is 0 Å². The molecule has 3 N–H and O–H groups in total. The van der Waals surface area contributed by atoms with Gasteiger partial charge in [0, 0.05) is 0 Å². The second-order valence-corrected chi connectivity index (χ2v) is 3.41. The van der Waals surface area contributed by atoms with E-state index in [1.54, 1.807) is 0 Å². The van der Waals surface area contributed by atoms with Gasteiger partial charge in [0.25, 0.3) is 0 Å². The fraction of sp³-hybridized carbons (Fsp3) is 0.500. The molecule has 0 aliphatic carbocycles. The van der Waals surface area contributed by atoms with Gasteiger partial charge in [0.05, 0.1) is 12.6 Å². The van der Waals surface area contributed by atoms with Crippen molar-refractivity contribution in [2.45, 2.75) is 32.7 Å². The molecule has 4 heteroatoms. The Labute approximate surface area is 96.6 Å². The molecule has 1 unspecified atom stereocenters. The number of allylic oxidation sites excluding steroid dienone is 3. The number of aldehydes is 1. The molecule has 0 saturated carbocycles. The summed E-state index contributed by atoms with van der Waals surface area (Å²) in [6, 6.07) is -0.495. The van der Waals surface area contributed by atoms with Crippen LogP contribution in [0, 0.1) is 0 Å². The molecule has 16 heavy (non-hydrogen) atoms. The van der Waals surface area contributed by atoms with Crippen molar-refractivity contribution in [1.29, 1.82) is 0 Å². The van der Waals surface area contributed by atoms with Gasteiger partial charge in [0.1, 0.15) is 6.29 Å². The fourth-order valence-electron chi connectivity index (χ4n) is 1.35. The van der Waals surface area contributed by atoms with Crippen molar-refractivity contribution in [1.82, 2.24) is 5.32 Å². The minimum Gasteiger partial charge on any atom is -0.345 e. The van der Waals surface area contributed by atoms with E-state index in [0.29, 0.717) is 6.42 Å². The highest BCUT2D eigenvalue weighted by Crippen LogP contribution is 2.07. The Kier molecular flexibility index (Phi) is 8.07. The molecular formula is C12H20N2O2. The van der Waals surface area contributed by atoms with Crippen LogP contribution in [0.25, 0.3) is 0 Å². The molecular weight excluding hydrogens is 204 g/mol. The lowest BCUT2D eigenvalue weighted by atomic mass is 10.1. The van der Waals surface area contributed by atoms with Crippen molar-refractivity contribution in [3.63, 3.8) is 0 Å². The molecule has 0 saturated heterocycles. The number of hydrogen-bond donors (Lipinski definition) is 2. The number of nitrogens with two attached hydrogens (primary N) is 1. The van der Waals surface area contributed by atoms with Crippen LogP contribution in [-0.2, 0) is 9.59 Å². The van der Waals surface area contributed by atoms with Crippen LogP contribution in [-0.4, -0.2) is 24.8 Å². The van der Waals surface area contributed by atoms with Crippen molar-refractivity contribution in [3.8, 4) is 0 Å². The number of carbonyl (C=O) groups is 2. The van der Waals surface area contributed by atoms with E-state index in [1.165, 1.54) is 0 Å². The fourth-order valence-corrected chi connectivity index (χ4v) is 1.35. The maximum absolute atomic E-state index is 11.0. The van der Waals surface area contributed by atoms with Crippen molar-refractivity contribution >= 4 is 12.2 Å². The first-order chi connectivity index (χ1) is 7.67. The average Bonchev–Trinajstić information content (AvgIpc) is 2.28. The first-order valence-electron chi connectivity index (χ1n) is 5.44. The Bertz CT molecular complexity index is 283. The molecule has 90 valence electrons. The quantitative estimate of drug-likeness (QED) is 0.499. The maximum atomic E-state index is 11.0. The topological polar surface area (TPSA) is 72.2 Å². The third kappa shape index (κ3) is 6.14. The summed E-state index contributed by atoms with van der Waals surface area (Å²) >= 11 is 0. The third-order valence-corrected chi connectivity index (χ3v) is 2.00. The molecule has 0 aliphatic rings. The highest BCUT2D eigenvalue weighted by atomic mass is 16.2. The minimum absolute atomic E-state index is 0.0964. The first kappa shape index (κ1) is 14.6. The summed E-state index contributed by atoms with van der Waals surface area (Å²) in [4.78, 5) is 21.8. The van der Waals surface area contributed by atoms with Crippen molar-refractivity contribution in [3.05, 3.63) is 23.8 Å². The normalized spacial score (nSPS) is 13.8. The van der Waals surface area contributed by atoms with Gasteiger partial charge in [-0.2, -0.15) is 0 Å². The van der Waals surface area contributed by atoms with Gasteiger partial charge in [0.2, 0.25) is 5.91 Å². The van der Waals surface area contributed by atoms with E-state index in [2.05, 4.69) is 5.32 Å². The lowest BCUT2D eigenvalue weighted by Gasteiger charge is -2.12. The maximum Gasteiger partial charge on any atom is 0.234 e. The van der Waals surface area contributed by atoms with Crippen molar-refractivity contribution < 1.29 is 9.59 Å². The van der Waals surface area contributed by atoms with Gasteiger partial charge in [-0.05, 0) is 25.3 Å². The Balaban J connectivity index is 4.43. The molecule has 1 amide bonds. The molecule has 0 aromatic heterocycles. The van der Waals surface area contributed by atoms with Gasteiger partial charge in [0.15, 0.2) is 0 Å². The number of amides is 1. The highest BCUT2D eigenvalue weighted by Gasteiger charge is 2.10. The molecule has 4 nitrogen and oxygen atoms in total. The molecule has 1 atom stereocenters. The first-order valence-corrected chi connectivity index (χ1v) is 5.44. The second kappa shape index (κ2) is 8.85. The van der Waals surface area contributed by atoms with Crippen LogP contribution in [0.1, 0.15) is 26.7 Å². The standard InChI is InChI=1S/C12H20N2O2/c1-3-5-10(6-4-2)7-11(9-15)14-12(16)8-13/h3,5-6,9,11H,4,7-8,13H2,1-2H3,(H,14,16)/b5-3-,10-6+. The summed E-state index contributed by atoms with van der Waals surface area (Å²) in [5.74, 6) is -0.312. The van der Waals surface area contributed by atoms with Gasteiger partial charge < -0.3 is 15.8 Å². The average molecular weight is 224 g/mol. The molecule has 0 aliphatic heterocycles.